The van der Waals surface area contributed by atoms with Crippen molar-refractivity contribution >= 4 is 29.8 Å². The Labute approximate surface area is 244 Å². The van der Waals surface area contributed by atoms with Crippen LogP contribution in [-0.2, 0) is 57.1 Å². The van der Waals surface area contributed by atoms with Crippen molar-refractivity contribution in [2.75, 3.05) is 33.0 Å². The van der Waals surface area contributed by atoms with Crippen LogP contribution in [0.1, 0.15) is 53.4 Å². The summed E-state index contributed by atoms with van der Waals surface area (Å²) in [4.78, 5) is 58.3. The van der Waals surface area contributed by atoms with Gasteiger partial charge in [-0.2, -0.15) is 5.26 Å². The fourth-order valence-corrected chi connectivity index (χ4v) is 3.89. The van der Waals surface area contributed by atoms with Crippen LogP contribution in [0.5, 0.6) is 0 Å². The molecule has 0 amide bonds. The van der Waals surface area contributed by atoms with E-state index in [1.807, 2.05) is 0 Å². The maximum absolute atomic E-state index is 12.0. The average molecular weight is 601 g/mol. The maximum atomic E-state index is 12.0. The highest BCUT2D eigenvalue weighted by Crippen LogP contribution is 2.28. The molecule has 0 aromatic carbocycles. The molecule has 0 aromatic heterocycles. The van der Waals surface area contributed by atoms with Crippen molar-refractivity contribution in [3.05, 3.63) is 12.2 Å². The third kappa shape index (κ3) is 14.4. The van der Waals surface area contributed by atoms with Crippen LogP contribution in [0.2, 0.25) is 0 Å². The van der Waals surface area contributed by atoms with Gasteiger partial charge in [-0.1, -0.05) is 13.0 Å². The molecule has 1 rings (SSSR count). The van der Waals surface area contributed by atoms with Gasteiger partial charge >= 0.3 is 29.8 Å². The number of carbonyl (C=O) groups is 5. The molecule has 0 bridgehead atoms. The lowest BCUT2D eigenvalue weighted by Crippen LogP contribution is -2.66. The van der Waals surface area contributed by atoms with Crippen molar-refractivity contribution in [3.63, 3.8) is 0 Å². The van der Waals surface area contributed by atoms with Crippen molar-refractivity contribution in [1.82, 2.24) is 5.32 Å². The van der Waals surface area contributed by atoms with Gasteiger partial charge in [-0.15, -0.1) is 0 Å². The summed E-state index contributed by atoms with van der Waals surface area (Å²) in [5.74, 6) is -3.54. The number of hydrogen-bond donors (Lipinski definition) is 2. The fourth-order valence-electron chi connectivity index (χ4n) is 3.89. The maximum Gasteiger partial charge on any atom is 0.348 e. The first-order valence-electron chi connectivity index (χ1n) is 13.4. The first kappa shape index (κ1) is 36.4. The van der Waals surface area contributed by atoms with Crippen LogP contribution in [0, 0.1) is 11.3 Å². The molecule has 1 saturated heterocycles. The van der Waals surface area contributed by atoms with Crippen molar-refractivity contribution in [2.45, 2.75) is 90.1 Å². The summed E-state index contributed by atoms with van der Waals surface area (Å²) in [6.07, 6.45) is -3.16. The molecule has 6 atom stereocenters. The minimum atomic E-state index is -1.36. The normalized spacial score (nSPS) is 22.1. The summed E-state index contributed by atoms with van der Waals surface area (Å²) >= 11 is 0. The van der Waals surface area contributed by atoms with E-state index in [4.69, 9.17) is 38.4 Å². The van der Waals surface area contributed by atoms with E-state index >= 15 is 0 Å². The van der Waals surface area contributed by atoms with Crippen molar-refractivity contribution < 1.29 is 62.2 Å². The molecule has 1 heterocycles. The number of rotatable bonds is 18. The number of carbonyl (C=O) groups excluding carboxylic acids is 5. The number of nitrogens with zero attached hydrogens (tertiary/aromatic N) is 1. The van der Waals surface area contributed by atoms with E-state index in [2.05, 4.69) is 11.9 Å². The quantitative estimate of drug-likeness (QED) is 0.0709. The molecule has 15 heteroatoms. The van der Waals surface area contributed by atoms with Crippen LogP contribution in [-0.4, -0.2) is 105 Å². The van der Waals surface area contributed by atoms with Crippen molar-refractivity contribution in [1.29, 1.82) is 5.26 Å². The van der Waals surface area contributed by atoms with E-state index in [1.165, 1.54) is 6.92 Å². The fraction of sp³-hybridized carbons (Fsp3) is 0.704. The molecular formula is C27H40N2O13. The Morgan fingerprint density at radius 1 is 0.881 bits per heavy atom. The van der Waals surface area contributed by atoms with Crippen LogP contribution in [0.4, 0.5) is 0 Å². The van der Waals surface area contributed by atoms with Gasteiger partial charge in [0.2, 0.25) is 6.29 Å². The number of esters is 5. The lowest BCUT2D eigenvalue weighted by Gasteiger charge is -2.44. The number of nitrogens with one attached hydrogen (secondary N) is 1. The van der Waals surface area contributed by atoms with Gasteiger partial charge in [0, 0.05) is 40.8 Å². The lowest BCUT2D eigenvalue weighted by atomic mass is 9.96. The smallest absolute Gasteiger partial charge is 0.348 e. The minimum absolute atomic E-state index is 0.0482. The first-order valence-corrected chi connectivity index (χ1v) is 13.4. The predicted molar refractivity (Wildman–Crippen MR) is 141 cm³/mol. The highest BCUT2D eigenvalue weighted by Gasteiger charge is 2.51. The van der Waals surface area contributed by atoms with Gasteiger partial charge < -0.3 is 43.6 Å². The second-order valence-electron chi connectivity index (χ2n) is 9.41. The van der Waals surface area contributed by atoms with Crippen LogP contribution in [0.25, 0.3) is 0 Å². The number of hydrogen-bond acceptors (Lipinski definition) is 15. The molecule has 236 valence electrons. The van der Waals surface area contributed by atoms with Gasteiger partial charge in [-0.3, -0.25) is 19.2 Å². The van der Waals surface area contributed by atoms with Gasteiger partial charge in [0.15, 0.2) is 12.2 Å². The summed E-state index contributed by atoms with van der Waals surface area (Å²) in [6.45, 7) is 7.86. The Bertz CT molecular complexity index is 980. The van der Waals surface area contributed by atoms with E-state index in [-0.39, 0.29) is 31.9 Å². The lowest BCUT2D eigenvalue weighted by molar-refractivity contribution is -0.271. The largest absolute Gasteiger partial charge is 0.463 e. The number of nitriles is 1. The summed E-state index contributed by atoms with van der Waals surface area (Å²) in [5, 5.41) is 22.0. The van der Waals surface area contributed by atoms with Gasteiger partial charge in [0.05, 0.1) is 19.3 Å². The highest BCUT2D eigenvalue weighted by atomic mass is 16.7. The molecule has 1 unspecified atom stereocenters. The third-order valence-corrected chi connectivity index (χ3v) is 5.68. The van der Waals surface area contributed by atoms with Gasteiger partial charge in [-0.05, 0) is 19.3 Å². The van der Waals surface area contributed by atoms with Crippen LogP contribution in [0.15, 0.2) is 12.2 Å². The van der Waals surface area contributed by atoms with E-state index in [0.717, 1.165) is 33.6 Å². The number of aliphatic hydroxyl groups is 1. The molecule has 0 radical (unpaired) electrons. The van der Waals surface area contributed by atoms with E-state index in [0.29, 0.717) is 19.4 Å². The monoisotopic (exact) mass is 600 g/mol. The molecule has 1 fully saturated rings. The Balaban J connectivity index is 2.68. The topological polar surface area (TPSA) is 206 Å². The number of ether oxygens (including phenoxy) is 7. The molecule has 0 saturated carbocycles. The molecule has 1 aliphatic heterocycles. The van der Waals surface area contributed by atoms with Crippen molar-refractivity contribution in [2.24, 2.45) is 0 Å². The van der Waals surface area contributed by atoms with Gasteiger partial charge in [-0.25, -0.2) is 4.79 Å². The molecular weight excluding hydrogens is 560 g/mol. The third-order valence-electron chi connectivity index (χ3n) is 5.68. The van der Waals surface area contributed by atoms with Crippen LogP contribution in [0.3, 0.4) is 0 Å². The predicted octanol–water partition coefficient (Wildman–Crippen LogP) is 0.220. The summed E-state index contributed by atoms with van der Waals surface area (Å²) < 4.78 is 37.3. The van der Waals surface area contributed by atoms with E-state index < -0.39 is 66.6 Å². The summed E-state index contributed by atoms with van der Waals surface area (Å²) in [5.41, 5.74) is -0.246. The van der Waals surface area contributed by atoms with Crippen LogP contribution >= 0.6 is 0 Å². The SMILES string of the molecule is C=C(C#N)C(=O)OCCCCCCOCC(O)CN[C@@H]1[C@H](OC(C)=O)O[C@H](COC(C)=O)[C@@H](OC(C)=O)[C@@H]1OC(C)=O. The standard InChI is InChI=1S/C27H40N2O13/c1-16(12-28)26(35)37-11-9-7-6-8-10-36-14-21(34)13-29-23-25(40-19(4)32)24(39-18(3)31)22(15-38-17(2)30)42-27(23)41-20(5)33/h21-25,27,29,34H,1,6-11,13-15H2,2-5H3/t21?,22-,23+,24-,25-,27-/m1/s1. The zero-order chi connectivity index (χ0) is 31.7. The van der Waals surface area contributed by atoms with E-state index in [1.54, 1.807) is 6.07 Å². The Hall–Kier alpha value is -3.58. The zero-order valence-corrected chi connectivity index (χ0v) is 24.3. The molecule has 1 aliphatic rings. The van der Waals surface area contributed by atoms with E-state index in [9.17, 15) is 29.1 Å². The second-order valence-corrected chi connectivity index (χ2v) is 9.41. The Kier molecular flexibility index (Phi) is 16.9. The van der Waals surface area contributed by atoms with Crippen molar-refractivity contribution in [3.8, 4) is 6.07 Å². The first-order chi connectivity index (χ1) is 19.8. The second kappa shape index (κ2) is 19.5. The zero-order valence-electron chi connectivity index (χ0n) is 24.3. The molecule has 2 N–H and O–H groups in total. The minimum Gasteiger partial charge on any atom is -0.463 e. The average Bonchev–Trinajstić information content (AvgIpc) is 2.90. The molecule has 0 aliphatic carbocycles. The highest BCUT2D eigenvalue weighted by molar-refractivity contribution is 5.91. The Morgan fingerprint density at radius 3 is 2.05 bits per heavy atom. The Morgan fingerprint density at radius 2 is 1.48 bits per heavy atom. The number of unbranched alkanes of at least 4 members (excludes halogenated alkanes) is 3. The molecule has 0 aromatic rings. The molecule has 0 spiro atoms. The number of aliphatic hydroxyl groups excluding tert-OH is 1. The van der Waals surface area contributed by atoms with Gasteiger partial charge in [0.1, 0.15) is 30.4 Å². The molecule has 15 nitrogen and oxygen atoms in total. The molecule has 42 heavy (non-hydrogen) atoms. The van der Waals surface area contributed by atoms with Gasteiger partial charge in [0.25, 0.3) is 0 Å². The summed E-state index contributed by atoms with van der Waals surface area (Å²) in [6, 6.07) is 0.546. The summed E-state index contributed by atoms with van der Waals surface area (Å²) in [7, 11) is 0. The van der Waals surface area contributed by atoms with Crippen LogP contribution < -0.4 is 5.32 Å².